The molecule has 2 aromatic carbocycles. The summed E-state index contributed by atoms with van der Waals surface area (Å²) >= 11 is 0. The minimum absolute atomic E-state index is 0.0723. The average Bonchev–Trinajstić information content (AvgIpc) is 2.74. The number of esters is 2. The summed E-state index contributed by atoms with van der Waals surface area (Å²) in [5.74, 6) is -2.74. The number of anilines is 1. The minimum atomic E-state index is -1.44. The summed E-state index contributed by atoms with van der Waals surface area (Å²) in [6.45, 7) is 5.45. The summed E-state index contributed by atoms with van der Waals surface area (Å²) in [5.41, 5.74) is 0.929. The zero-order valence-electron chi connectivity index (χ0n) is 18.1. The summed E-state index contributed by atoms with van der Waals surface area (Å²) in [5, 5.41) is 14.7. The van der Waals surface area contributed by atoms with Gasteiger partial charge in [-0.2, -0.15) is 0 Å². The maximum absolute atomic E-state index is 13.2. The van der Waals surface area contributed by atoms with Gasteiger partial charge in [-0.3, -0.25) is 4.79 Å². The molecule has 0 heterocycles. The Morgan fingerprint density at radius 1 is 1.00 bits per heavy atom. The number of benzene rings is 2. The Kier molecular flexibility index (Phi) is 7.13. The van der Waals surface area contributed by atoms with Crippen LogP contribution in [0.15, 0.2) is 71.9 Å². The maximum atomic E-state index is 13.2. The highest BCUT2D eigenvalue weighted by atomic mass is 16.5. The van der Waals surface area contributed by atoms with Crippen molar-refractivity contribution in [2.24, 2.45) is 5.92 Å². The summed E-state index contributed by atoms with van der Waals surface area (Å²) in [7, 11) is 0. The smallest absolute Gasteiger partial charge is 0.336 e. The zero-order valence-corrected chi connectivity index (χ0v) is 18.1. The molecule has 0 saturated heterocycles. The number of hydrogen-bond donors (Lipinski definition) is 2. The van der Waals surface area contributed by atoms with E-state index >= 15 is 0 Å². The molecule has 1 aliphatic rings. The molecule has 0 aromatic heterocycles. The number of nitrogens with one attached hydrogen (secondary N) is 1. The van der Waals surface area contributed by atoms with Crippen LogP contribution in [0.4, 0.5) is 5.69 Å². The van der Waals surface area contributed by atoms with Crippen molar-refractivity contribution in [2.45, 2.75) is 38.7 Å². The molecule has 6 heteroatoms. The van der Waals surface area contributed by atoms with Crippen LogP contribution in [0.1, 0.15) is 38.7 Å². The van der Waals surface area contributed by atoms with Gasteiger partial charge in [0.1, 0.15) is 0 Å². The molecule has 0 bridgehead atoms. The van der Waals surface area contributed by atoms with Gasteiger partial charge >= 0.3 is 11.9 Å². The Labute approximate surface area is 182 Å². The van der Waals surface area contributed by atoms with E-state index in [4.69, 9.17) is 9.47 Å². The van der Waals surface area contributed by atoms with Crippen molar-refractivity contribution in [1.29, 1.82) is 0 Å². The first-order chi connectivity index (χ1) is 14.9. The third-order valence-electron chi connectivity index (χ3n) is 5.44. The van der Waals surface area contributed by atoms with E-state index in [-0.39, 0.29) is 19.6 Å². The molecule has 1 aliphatic carbocycles. The van der Waals surface area contributed by atoms with Crippen molar-refractivity contribution in [3.63, 3.8) is 0 Å². The van der Waals surface area contributed by atoms with E-state index in [0.717, 1.165) is 11.3 Å². The summed E-state index contributed by atoms with van der Waals surface area (Å²) in [6.07, 6.45) is 0.0723. The molecule has 0 amide bonds. The molecule has 0 unspecified atom stereocenters. The Hall–Kier alpha value is -3.12. The van der Waals surface area contributed by atoms with E-state index in [1.165, 1.54) is 0 Å². The molecule has 164 valence electrons. The lowest BCUT2D eigenvalue weighted by atomic mass is 9.66. The number of aliphatic hydroxyl groups is 1. The largest absolute Gasteiger partial charge is 0.466 e. The fourth-order valence-electron chi connectivity index (χ4n) is 4.18. The molecule has 0 spiro atoms. The lowest BCUT2D eigenvalue weighted by molar-refractivity contribution is -0.159. The van der Waals surface area contributed by atoms with Gasteiger partial charge in [-0.05, 0) is 38.5 Å². The van der Waals surface area contributed by atoms with Gasteiger partial charge in [-0.25, -0.2) is 4.79 Å². The molecule has 0 radical (unpaired) electrons. The minimum Gasteiger partial charge on any atom is -0.466 e. The monoisotopic (exact) mass is 423 g/mol. The first kappa shape index (κ1) is 22.6. The van der Waals surface area contributed by atoms with Crippen LogP contribution < -0.4 is 5.32 Å². The quantitative estimate of drug-likeness (QED) is 0.654. The highest BCUT2D eigenvalue weighted by Gasteiger charge is 2.52. The van der Waals surface area contributed by atoms with Crippen molar-refractivity contribution in [3.05, 3.63) is 77.5 Å². The van der Waals surface area contributed by atoms with Gasteiger partial charge in [-0.1, -0.05) is 48.5 Å². The number of ether oxygens (including phenoxy) is 2. The molecule has 3 rings (SSSR count). The van der Waals surface area contributed by atoms with E-state index in [2.05, 4.69) is 5.32 Å². The second-order valence-corrected chi connectivity index (χ2v) is 7.76. The first-order valence-corrected chi connectivity index (χ1v) is 10.5. The van der Waals surface area contributed by atoms with Gasteiger partial charge in [0.05, 0.1) is 30.3 Å². The van der Waals surface area contributed by atoms with Crippen LogP contribution >= 0.6 is 0 Å². The van der Waals surface area contributed by atoms with E-state index in [9.17, 15) is 14.7 Å². The topological polar surface area (TPSA) is 84.9 Å². The summed E-state index contributed by atoms with van der Waals surface area (Å²) in [4.78, 5) is 26.2. The molecular formula is C25H29NO5. The zero-order chi connectivity index (χ0) is 22.4. The van der Waals surface area contributed by atoms with Gasteiger partial charge < -0.3 is 19.9 Å². The van der Waals surface area contributed by atoms with Gasteiger partial charge in [0.25, 0.3) is 0 Å². The lowest BCUT2D eigenvalue weighted by Gasteiger charge is -2.43. The van der Waals surface area contributed by atoms with Gasteiger partial charge in [0.2, 0.25) is 0 Å². The molecule has 2 N–H and O–H groups in total. The Morgan fingerprint density at radius 3 is 2.16 bits per heavy atom. The van der Waals surface area contributed by atoms with E-state index < -0.39 is 29.4 Å². The third-order valence-corrected chi connectivity index (χ3v) is 5.44. The molecule has 6 nitrogen and oxygen atoms in total. The van der Waals surface area contributed by atoms with Crippen LogP contribution in [-0.2, 0) is 19.1 Å². The Morgan fingerprint density at radius 2 is 1.58 bits per heavy atom. The Balaban J connectivity index is 2.22. The number of carbonyl (C=O) groups excluding carboxylic acids is 2. The molecule has 2 aromatic rings. The van der Waals surface area contributed by atoms with Crippen LogP contribution in [0.2, 0.25) is 0 Å². The van der Waals surface area contributed by atoms with Crippen LogP contribution in [0.25, 0.3) is 0 Å². The van der Waals surface area contributed by atoms with Gasteiger partial charge in [0, 0.05) is 23.7 Å². The maximum Gasteiger partial charge on any atom is 0.336 e. The highest BCUT2D eigenvalue weighted by molar-refractivity contribution is 5.94. The van der Waals surface area contributed by atoms with E-state index in [0.29, 0.717) is 11.3 Å². The average molecular weight is 424 g/mol. The van der Waals surface area contributed by atoms with Crippen LogP contribution in [0.5, 0.6) is 0 Å². The molecule has 0 saturated carbocycles. The Bertz CT molecular complexity index is 937. The van der Waals surface area contributed by atoms with Gasteiger partial charge in [-0.15, -0.1) is 0 Å². The van der Waals surface area contributed by atoms with Crippen molar-refractivity contribution in [2.75, 3.05) is 18.5 Å². The van der Waals surface area contributed by atoms with Crippen molar-refractivity contribution in [1.82, 2.24) is 0 Å². The van der Waals surface area contributed by atoms with Crippen LogP contribution in [-0.4, -0.2) is 35.9 Å². The fourth-order valence-corrected chi connectivity index (χ4v) is 4.18. The molecule has 31 heavy (non-hydrogen) atoms. The molecule has 3 atom stereocenters. The van der Waals surface area contributed by atoms with Crippen LogP contribution in [0, 0.1) is 5.92 Å². The van der Waals surface area contributed by atoms with Crippen molar-refractivity contribution >= 4 is 17.6 Å². The molecule has 0 aliphatic heterocycles. The number of carbonyl (C=O) groups is 2. The number of rotatable bonds is 7. The predicted molar refractivity (Wildman–Crippen MR) is 118 cm³/mol. The van der Waals surface area contributed by atoms with E-state index in [1.807, 2.05) is 60.7 Å². The normalized spacial score (nSPS) is 23.2. The standard InChI is InChI=1S/C25H29NO5/c1-4-30-23(27)21-19(26-18-14-10-7-11-15-18)16-25(3,29)22(24(28)31-5-2)20(21)17-12-8-6-9-13-17/h6-15,20,22,26,29H,4-5,16H2,1-3H3/t20-,22-,25+/m0/s1. The van der Waals surface area contributed by atoms with Gasteiger partial charge in [0.15, 0.2) is 0 Å². The summed E-state index contributed by atoms with van der Waals surface area (Å²) < 4.78 is 10.7. The predicted octanol–water partition coefficient (Wildman–Crippen LogP) is 4.03. The fraction of sp³-hybridized carbons (Fsp3) is 0.360. The van der Waals surface area contributed by atoms with Crippen molar-refractivity contribution < 1.29 is 24.2 Å². The second kappa shape index (κ2) is 9.79. The first-order valence-electron chi connectivity index (χ1n) is 10.5. The number of para-hydroxylation sites is 1. The third kappa shape index (κ3) is 4.97. The van der Waals surface area contributed by atoms with Crippen LogP contribution in [0.3, 0.4) is 0 Å². The lowest BCUT2D eigenvalue weighted by Crippen LogP contribution is -2.49. The van der Waals surface area contributed by atoms with Crippen molar-refractivity contribution in [3.8, 4) is 0 Å². The molecular weight excluding hydrogens is 394 g/mol. The summed E-state index contributed by atoms with van der Waals surface area (Å²) in [6, 6.07) is 18.6. The molecule has 0 fully saturated rings. The SMILES string of the molecule is CCOC(=O)C1=C(Nc2ccccc2)C[C@@](C)(O)[C@H](C(=O)OCC)[C@H]1c1ccccc1. The number of hydrogen-bond acceptors (Lipinski definition) is 6. The highest BCUT2D eigenvalue weighted by Crippen LogP contribution is 2.48. The second-order valence-electron chi connectivity index (χ2n) is 7.76. The van der Waals surface area contributed by atoms with E-state index in [1.54, 1.807) is 20.8 Å².